The molecule has 0 radical (unpaired) electrons. The van der Waals surface area contributed by atoms with Crippen molar-refractivity contribution >= 4 is 0 Å². The van der Waals surface area contributed by atoms with Crippen molar-refractivity contribution in [1.82, 2.24) is 0 Å². The number of hydrogen-bond acceptors (Lipinski definition) is 1. The van der Waals surface area contributed by atoms with Crippen LogP contribution >= 0.6 is 0 Å². The number of hydrogen-bond donors (Lipinski definition) is 0. The van der Waals surface area contributed by atoms with Crippen LogP contribution in [0.1, 0.15) is 39.5 Å². The molecule has 0 aromatic carbocycles. The second-order valence-corrected chi connectivity index (χ2v) is 2.77. The van der Waals surface area contributed by atoms with Crippen molar-refractivity contribution in [3.63, 3.8) is 0 Å². The second-order valence-electron chi connectivity index (χ2n) is 2.77. The van der Waals surface area contributed by atoms with Crippen LogP contribution in [0.2, 0.25) is 0 Å². The Morgan fingerprint density at radius 2 is 1.90 bits per heavy atom. The van der Waals surface area contributed by atoms with E-state index >= 15 is 0 Å². The normalized spacial score (nSPS) is 12.3. The Bertz CT molecular complexity index is 57.2. The molecule has 0 saturated carbocycles. The van der Waals surface area contributed by atoms with E-state index < -0.39 is 0 Å². The molecule has 0 aliphatic rings. The van der Waals surface area contributed by atoms with Gasteiger partial charge in [0.05, 0.1) is 0 Å². The summed E-state index contributed by atoms with van der Waals surface area (Å²) >= 11 is 0. The second kappa shape index (κ2) is 10.6. The fourth-order valence-electron chi connectivity index (χ4n) is 0.826. The molecule has 56 valence electrons. The number of rotatable bonds is 5. The van der Waals surface area contributed by atoms with Crippen LogP contribution < -0.4 is 56.5 Å². The molecule has 0 amide bonds. The monoisotopic (exact) mass is 168 g/mol. The van der Waals surface area contributed by atoms with E-state index in [1.54, 1.807) is 0 Å². The fourth-order valence-corrected chi connectivity index (χ4v) is 0.826. The van der Waals surface area contributed by atoms with Crippen molar-refractivity contribution in [2.75, 3.05) is 6.61 Å². The first-order chi connectivity index (χ1) is 4.31. The Morgan fingerprint density at radius 1 is 1.30 bits per heavy atom. The molecular formula is C8H17KO. The summed E-state index contributed by atoms with van der Waals surface area (Å²) < 4.78 is 0. The molecule has 1 nitrogen and oxygen atoms in total. The molecular weight excluding hydrogens is 151 g/mol. The quantitative estimate of drug-likeness (QED) is 0.364. The third-order valence-electron chi connectivity index (χ3n) is 1.58. The molecule has 1 atom stereocenters. The van der Waals surface area contributed by atoms with Gasteiger partial charge in [-0.05, 0) is 0 Å². The molecule has 2 heteroatoms. The minimum Gasteiger partial charge on any atom is -0.854 e. The van der Waals surface area contributed by atoms with Crippen molar-refractivity contribution in [2.45, 2.75) is 39.5 Å². The first-order valence-corrected chi connectivity index (χ1v) is 3.89. The van der Waals surface area contributed by atoms with Gasteiger partial charge < -0.3 is 5.11 Å². The summed E-state index contributed by atoms with van der Waals surface area (Å²) in [4.78, 5) is 0. The summed E-state index contributed by atoms with van der Waals surface area (Å²) in [5.41, 5.74) is 0. The first-order valence-electron chi connectivity index (χ1n) is 3.89. The van der Waals surface area contributed by atoms with Crippen LogP contribution in [0.4, 0.5) is 0 Å². The van der Waals surface area contributed by atoms with Crippen LogP contribution in [-0.2, 0) is 0 Å². The summed E-state index contributed by atoms with van der Waals surface area (Å²) in [7, 11) is 0. The molecule has 0 spiro atoms. The summed E-state index contributed by atoms with van der Waals surface area (Å²) in [6, 6.07) is 0. The molecule has 0 aliphatic heterocycles. The topological polar surface area (TPSA) is 23.1 Å². The third kappa shape index (κ3) is 9.60. The average Bonchev–Trinajstić information content (AvgIpc) is 1.89. The standard InChI is InChI=1S/C8H17O.K/c1-3-4-5-6-8(2)7-9;/h8H,3-7H2,1-2H3;/q-1;+1. The molecule has 0 heterocycles. The van der Waals surface area contributed by atoms with Gasteiger partial charge in [0.25, 0.3) is 0 Å². The van der Waals surface area contributed by atoms with Crippen molar-refractivity contribution in [3.8, 4) is 0 Å². The molecule has 1 unspecified atom stereocenters. The van der Waals surface area contributed by atoms with E-state index in [4.69, 9.17) is 0 Å². The van der Waals surface area contributed by atoms with Crippen LogP contribution in [-0.4, -0.2) is 6.61 Å². The Balaban J connectivity index is 0. The summed E-state index contributed by atoms with van der Waals surface area (Å²) in [6.45, 7) is 4.31. The van der Waals surface area contributed by atoms with Crippen LogP contribution in [0.15, 0.2) is 0 Å². The van der Waals surface area contributed by atoms with Gasteiger partial charge in [-0.25, -0.2) is 0 Å². The summed E-state index contributed by atoms with van der Waals surface area (Å²) in [5, 5.41) is 10.2. The maximum absolute atomic E-state index is 10.2. The molecule has 10 heavy (non-hydrogen) atoms. The van der Waals surface area contributed by atoms with Gasteiger partial charge >= 0.3 is 51.4 Å². The molecule has 0 bridgehead atoms. The van der Waals surface area contributed by atoms with Crippen LogP contribution in [0.3, 0.4) is 0 Å². The molecule has 0 saturated heterocycles. The van der Waals surface area contributed by atoms with Crippen molar-refractivity contribution in [3.05, 3.63) is 0 Å². The van der Waals surface area contributed by atoms with E-state index in [9.17, 15) is 5.11 Å². The Hall–Kier alpha value is 1.60. The maximum Gasteiger partial charge on any atom is 1.00 e. The smallest absolute Gasteiger partial charge is 0.854 e. The van der Waals surface area contributed by atoms with E-state index in [1.807, 2.05) is 6.92 Å². The van der Waals surface area contributed by atoms with E-state index in [0.717, 1.165) is 6.42 Å². The van der Waals surface area contributed by atoms with Gasteiger partial charge in [0.15, 0.2) is 0 Å². The zero-order chi connectivity index (χ0) is 7.11. The van der Waals surface area contributed by atoms with Crippen LogP contribution in [0, 0.1) is 5.92 Å². The molecule has 0 N–H and O–H groups in total. The minimum atomic E-state index is 0. The van der Waals surface area contributed by atoms with Gasteiger partial charge in [0.1, 0.15) is 0 Å². The fraction of sp³-hybridized carbons (Fsp3) is 1.00. The molecule has 0 aromatic rings. The predicted molar refractivity (Wildman–Crippen MR) is 38.2 cm³/mol. The van der Waals surface area contributed by atoms with E-state index in [1.165, 1.54) is 19.3 Å². The van der Waals surface area contributed by atoms with Gasteiger partial charge in [0.2, 0.25) is 0 Å². The van der Waals surface area contributed by atoms with Crippen LogP contribution in [0.25, 0.3) is 0 Å². The molecule has 0 fully saturated rings. The zero-order valence-electron chi connectivity index (χ0n) is 7.52. The maximum atomic E-state index is 10.2. The molecule has 0 aromatic heterocycles. The third-order valence-corrected chi connectivity index (χ3v) is 1.58. The largest absolute Gasteiger partial charge is 1.00 e. The predicted octanol–water partition coefficient (Wildman–Crippen LogP) is -1.43. The molecule has 0 rings (SSSR count). The van der Waals surface area contributed by atoms with Crippen molar-refractivity contribution in [1.29, 1.82) is 0 Å². The average molecular weight is 168 g/mol. The van der Waals surface area contributed by atoms with Crippen LogP contribution in [0.5, 0.6) is 0 Å². The summed E-state index contributed by atoms with van der Waals surface area (Å²) in [5.74, 6) is 0.400. The SMILES string of the molecule is CCCCCC(C)C[O-].[K+]. The van der Waals surface area contributed by atoms with E-state index in [2.05, 4.69) is 6.92 Å². The van der Waals surface area contributed by atoms with Gasteiger partial charge in [-0.3, -0.25) is 0 Å². The minimum absolute atomic E-state index is 0. The first kappa shape index (κ1) is 14.1. The zero-order valence-corrected chi connectivity index (χ0v) is 10.6. The van der Waals surface area contributed by atoms with Gasteiger partial charge in [0, 0.05) is 0 Å². The molecule has 0 aliphatic carbocycles. The van der Waals surface area contributed by atoms with Crippen molar-refractivity contribution < 1.29 is 56.5 Å². The van der Waals surface area contributed by atoms with E-state index in [-0.39, 0.29) is 58.0 Å². The van der Waals surface area contributed by atoms with Gasteiger partial charge in [-0.15, -0.1) is 6.61 Å². The summed E-state index contributed by atoms with van der Waals surface area (Å²) in [6.07, 6.45) is 4.90. The van der Waals surface area contributed by atoms with Gasteiger partial charge in [-0.2, -0.15) is 0 Å². The Kier molecular flexibility index (Phi) is 15.0. The Labute approximate surface area is 107 Å². The van der Waals surface area contributed by atoms with Crippen molar-refractivity contribution in [2.24, 2.45) is 5.92 Å². The Morgan fingerprint density at radius 3 is 2.30 bits per heavy atom. The number of unbranched alkanes of at least 4 members (excludes halogenated alkanes) is 2. The van der Waals surface area contributed by atoms with Gasteiger partial charge in [-0.1, -0.05) is 45.4 Å². The van der Waals surface area contributed by atoms with E-state index in [0.29, 0.717) is 5.92 Å².